The SMILES string of the molecule is CCc1ccc(C(CNC(=O)CN(C)S(=O)(=O)c2ccc(Cl)cc2)N(C)C)cc1. The standard InChI is InChI=1S/C21H28ClN3O3S/c1-5-16-6-8-17(9-7-16)20(24(2)3)14-23-21(26)15-25(4)29(27,28)19-12-10-18(22)11-13-19/h6-13,20H,5,14-15H2,1-4H3,(H,23,26). The summed E-state index contributed by atoms with van der Waals surface area (Å²) >= 11 is 5.81. The van der Waals surface area contributed by atoms with Gasteiger partial charge in [0.1, 0.15) is 0 Å². The summed E-state index contributed by atoms with van der Waals surface area (Å²) in [6, 6.07) is 14.1. The number of halogens is 1. The highest BCUT2D eigenvalue weighted by Crippen LogP contribution is 2.19. The molecule has 29 heavy (non-hydrogen) atoms. The summed E-state index contributed by atoms with van der Waals surface area (Å²) in [6.07, 6.45) is 0.970. The van der Waals surface area contributed by atoms with Crippen LogP contribution in [0.1, 0.15) is 24.1 Å². The first-order valence-electron chi connectivity index (χ1n) is 9.39. The maximum atomic E-state index is 12.6. The van der Waals surface area contributed by atoms with Crippen LogP contribution in [-0.2, 0) is 21.2 Å². The Kier molecular flexibility index (Phi) is 8.22. The molecular formula is C21H28ClN3O3S. The molecule has 1 N–H and O–H groups in total. The van der Waals surface area contributed by atoms with Crippen molar-refractivity contribution in [2.75, 3.05) is 34.2 Å². The van der Waals surface area contributed by atoms with E-state index in [1.165, 1.54) is 36.9 Å². The molecule has 0 aromatic heterocycles. The van der Waals surface area contributed by atoms with Crippen molar-refractivity contribution < 1.29 is 13.2 Å². The maximum Gasteiger partial charge on any atom is 0.243 e. The number of carbonyl (C=O) groups is 1. The summed E-state index contributed by atoms with van der Waals surface area (Å²) in [5, 5.41) is 3.30. The molecule has 0 aliphatic carbocycles. The smallest absolute Gasteiger partial charge is 0.243 e. The molecule has 0 saturated heterocycles. The summed E-state index contributed by atoms with van der Waals surface area (Å²) in [5.41, 5.74) is 2.35. The zero-order valence-corrected chi connectivity index (χ0v) is 18.8. The normalized spacial score (nSPS) is 12.9. The van der Waals surface area contributed by atoms with Gasteiger partial charge in [0.05, 0.1) is 17.5 Å². The number of amides is 1. The number of nitrogens with one attached hydrogen (secondary N) is 1. The van der Waals surface area contributed by atoms with E-state index in [4.69, 9.17) is 11.6 Å². The van der Waals surface area contributed by atoms with Crippen LogP contribution >= 0.6 is 11.6 Å². The molecule has 1 atom stereocenters. The van der Waals surface area contributed by atoms with Crippen molar-refractivity contribution in [2.24, 2.45) is 0 Å². The summed E-state index contributed by atoms with van der Waals surface area (Å²) < 4.78 is 26.2. The van der Waals surface area contributed by atoms with E-state index >= 15 is 0 Å². The Bertz CT molecular complexity index is 913. The second-order valence-corrected chi connectivity index (χ2v) is 9.57. The van der Waals surface area contributed by atoms with Crippen LogP contribution in [0.2, 0.25) is 5.02 Å². The van der Waals surface area contributed by atoms with Crippen LogP contribution in [-0.4, -0.2) is 57.8 Å². The Balaban J connectivity index is 2.00. The second-order valence-electron chi connectivity index (χ2n) is 7.09. The minimum absolute atomic E-state index is 0.0111. The molecule has 2 aromatic rings. The number of carbonyl (C=O) groups excluding carboxylic acids is 1. The first-order chi connectivity index (χ1) is 13.6. The van der Waals surface area contributed by atoms with E-state index < -0.39 is 10.0 Å². The van der Waals surface area contributed by atoms with Crippen LogP contribution in [0.3, 0.4) is 0 Å². The molecule has 1 amide bonds. The van der Waals surface area contributed by atoms with Gasteiger partial charge in [0.25, 0.3) is 0 Å². The largest absolute Gasteiger partial charge is 0.353 e. The van der Waals surface area contributed by atoms with E-state index in [-0.39, 0.29) is 23.4 Å². The molecule has 8 heteroatoms. The van der Waals surface area contributed by atoms with Crippen molar-refractivity contribution in [3.8, 4) is 0 Å². The van der Waals surface area contributed by atoms with Crippen LogP contribution in [0.25, 0.3) is 0 Å². The number of sulfonamides is 1. The Labute approximate surface area is 178 Å². The molecule has 2 rings (SSSR count). The van der Waals surface area contributed by atoms with Gasteiger partial charge in [-0.25, -0.2) is 8.42 Å². The molecule has 0 radical (unpaired) electrons. The summed E-state index contributed by atoms with van der Waals surface area (Å²) in [4.78, 5) is 14.5. The van der Waals surface area contributed by atoms with Gasteiger partial charge in [-0.2, -0.15) is 4.31 Å². The van der Waals surface area contributed by atoms with Gasteiger partial charge in [-0.05, 0) is 55.9 Å². The lowest BCUT2D eigenvalue weighted by molar-refractivity contribution is -0.121. The summed E-state index contributed by atoms with van der Waals surface area (Å²) in [6.45, 7) is 2.22. The van der Waals surface area contributed by atoms with Gasteiger partial charge >= 0.3 is 0 Å². The van der Waals surface area contributed by atoms with Crippen LogP contribution in [0.4, 0.5) is 0 Å². The van der Waals surface area contributed by atoms with Crippen LogP contribution in [0, 0.1) is 0 Å². The van der Waals surface area contributed by atoms with Crippen LogP contribution < -0.4 is 5.32 Å². The van der Waals surface area contributed by atoms with Crippen molar-refractivity contribution in [2.45, 2.75) is 24.3 Å². The fraction of sp³-hybridized carbons (Fsp3) is 0.381. The van der Waals surface area contributed by atoms with Crippen molar-refractivity contribution in [3.05, 3.63) is 64.7 Å². The lowest BCUT2D eigenvalue weighted by Gasteiger charge is -2.26. The van der Waals surface area contributed by atoms with Gasteiger partial charge in [0.15, 0.2) is 0 Å². The maximum absolute atomic E-state index is 12.6. The summed E-state index contributed by atoms with van der Waals surface area (Å²) in [7, 11) is 1.52. The molecule has 0 aliphatic rings. The van der Waals surface area contributed by atoms with Gasteiger partial charge in [-0.3, -0.25) is 4.79 Å². The van der Waals surface area contributed by atoms with Gasteiger partial charge in [0.2, 0.25) is 15.9 Å². The third-order valence-corrected chi connectivity index (χ3v) is 6.85. The third kappa shape index (κ3) is 6.27. The molecule has 0 heterocycles. The van der Waals surface area contributed by atoms with E-state index in [2.05, 4.69) is 36.5 Å². The van der Waals surface area contributed by atoms with Crippen LogP contribution in [0.5, 0.6) is 0 Å². The number of rotatable bonds is 9. The number of nitrogens with zero attached hydrogens (tertiary/aromatic N) is 2. The highest BCUT2D eigenvalue weighted by molar-refractivity contribution is 7.89. The lowest BCUT2D eigenvalue weighted by Crippen LogP contribution is -2.41. The molecule has 0 spiro atoms. The van der Waals surface area contributed by atoms with E-state index in [0.29, 0.717) is 11.6 Å². The first kappa shape index (κ1) is 23.3. The van der Waals surface area contributed by atoms with Gasteiger partial charge in [-0.15, -0.1) is 0 Å². The van der Waals surface area contributed by atoms with Gasteiger partial charge in [-0.1, -0.05) is 42.8 Å². The predicted molar refractivity (Wildman–Crippen MR) is 117 cm³/mol. The minimum atomic E-state index is -3.76. The number of hydrogen-bond donors (Lipinski definition) is 1. The molecular weight excluding hydrogens is 410 g/mol. The van der Waals surface area contributed by atoms with Crippen molar-refractivity contribution in [3.63, 3.8) is 0 Å². The quantitative estimate of drug-likeness (QED) is 0.654. The number of benzene rings is 2. The fourth-order valence-corrected chi connectivity index (χ4v) is 4.17. The highest BCUT2D eigenvalue weighted by atomic mass is 35.5. The van der Waals surface area contributed by atoms with E-state index in [0.717, 1.165) is 16.3 Å². The van der Waals surface area contributed by atoms with E-state index in [1.807, 2.05) is 19.0 Å². The van der Waals surface area contributed by atoms with Crippen LogP contribution in [0.15, 0.2) is 53.4 Å². The fourth-order valence-electron chi connectivity index (χ4n) is 2.91. The number of likely N-dealkylation sites (N-methyl/N-ethyl adjacent to an activating group) is 2. The topological polar surface area (TPSA) is 69.7 Å². The Hall–Kier alpha value is -1.93. The monoisotopic (exact) mass is 437 g/mol. The van der Waals surface area contributed by atoms with E-state index in [1.54, 1.807) is 0 Å². The molecule has 1 unspecified atom stereocenters. The molecule has 158 valence electrons. The Morgan fingerprint density at radius 3 is 2.14 bits per heavy atom. The van der Waals surface area contributed by atoms with Gasteiger partial charge < -0.3 is 10.2 Å². The molecule has 0 bridgehead atoms. The molecule has 2 aromatic carbocycles. The zero-order chi connectivity index (χ0) is 21.6. The second kappa shape index (κ2) is 10.2. The molecule has 6 nitrogen and oxygen atoms in total. The molecule has 0 saturated carbocycles. The Morgan fingerprint density at radius 2 is 1.62 bits per heavy atom. The Morgan fingerprint density at radius 1 is 1.03 bits per heavy atom. The molecule has 0 aliphatic heterocycles. The van der Waals surface area contributed by atoms with Crippen molar-refractivity contribution in [1.29, 1.82) is 0 Å². The average Bonchev–Trinajstić information content (AvgIpc) is 2.68. The van der Waals surface area contributed by atoms with Gasteiger partial charge in [0, 0.05) is 18.6 Å². The number of hydrogen-bond acceptors (Lipinski definition) is 4. The zero-order valence-electron chi connectivity index (χ0n) is 17.2. The van der Waals surface area contributed by atoms with E-state index in [9.17, 15) is 13.2 Å². The van der Waals surface area contributed by atoms with Crippen molar-refractivity contribution >= 4 is 27.5 Å². The third-order valence-electron chi connectivity index (χ3n) is 4.78. The first-order valence-corrected chi connectivity index (χ1v) is 11.2. The highest BCUT2D eigenvalue weighted by Gasteiger charge is 2.23. The lowest BCUT2D eigenvalue weighted by atomic mass is 10.0. The van der Waals surface area contributed by atoms with Crippen molar-refractivity contribution in [1.82, 2.24) is 14.5 Å². The predicted octanol–water partition coefficient (Wildman–Crippen LogP) is 2.94. The molecule has 0 fully saturated rings. The number of aryl methyl sites for hydroxylation is 1. The summed E-state index contributed by atoms with van der Waals surface area (Å²) in [5.74, 6) is -0.359. The average molecular weight is 438 g/mol. The minimum Gasteiger partial charge on any atom is -0.353 e.